The van der Waals surface area contributed by atoms with Crippen LogP contribution in [0.1, 0.15) is 38.2 Å². The number of benzene rings is 1. The Morgan fingerprint density at radius 2 is 1.90 bits per heavy atom. The lowest BCUT2D eigenvalue weighted by Gasteiger charge is -2.34. The number of sulfonamides is 1. The third kappa shape index (κ3) is 3.67. The zero-order chi connectivity index (χ0) is 15.6. The highest BCUT2D eigenvalue weighted by molar-refractivity contribution is 9.10. The summed E-state index contributed by atoms with van der Waals surface area (Å²) < 4.78 is 28.4. The number of nitrogens with two attached hydrogens (primary N) is 1. The first-order valence-corrected chi connectivity index (χ1v) is 9.63. The summed E-state index contributed by atoms with van der Waals surface area (Å²) in [6, 6.07) is 5.68. The summed E-state index contributed by atoms with van der Waals surface area (Å²) in [6.07, 6.45) is 3.49. The van der Waals surface area contributed by atoms with Crippen molar-refractivity contribution in [2.75, 3.05) is 6.54 Å². The first-order valence-electron chi connectivity index (χ1n) is 7.39. The van der Waals surface area contributed by atoms with Gasteiger partial charge in [-0.05, 0) is 50.3 Å². The Hall–Kier alpha value is -0.430. The van der Waals surface area contributed by atoms with Crippen LogP contribution in [0, 0.1) is 6.92 Å². The van der Waals surface area contributed by atoms with Crippen LogP contribution in [-0.2, 0) is 10.0 Å². The van der Waals surface area contributed by atoms with E-state index in [1.807, 2.05) is 26.0 Å². The van der Waals surface area contributed by atoms with Crippen molar-refractivity contribution in [1.29, 1.82) is 0 Å². The lowest BCUT2D eigenvalue weighted by atomic mass is 9.92. The van der Waals surface area contributed by atoms with Gasteiger partial charge < -0.3 is 5.73 Å². The van der Waals surface area contributed by atoms with Crippen molar-refractivity contribution in [3.8, 4) is 0 Å². The molecule has 0 radical (unpaired) electrons. The van der Waals surface area contributed by atoms with Gasteiger partial charge in [-0.1, -0.05) is 28.9 Å². The van der Waals surface area contributed by atoms with Gasteiger partial charge in [0.1, 0.15) is 0 Å². The van der Waals surface area contributed by atoms with Crippen molar-refractivity contribution in [1.82, 2.24) is 4.31 Å². The van der Waals surface area contributed by atoms with E-state index >= 15 is 0 Å². The Kier molecular flexibility index (Phi) is 5.46. The minimum Gasteiger partial charge on any atom is -0.328 e. The van der Waals surface area contributed by atoms with E-state index in [1.54, 1.807) is 10.4 Å². The maximum atomic E-state index is 13.0. The van der Waals surface area contributed by atoms with Gasteiger partial charge in [0, 0.05) is 23.1 Å². The molecule has 0 saturated heterocycles. The molecule has 0 unspecified atom stereocenters. The molecule has 21 heavy (non-hydrogen) atoms. The summed E-state index contributed by atoms with van der Waals surface area (Å²) in [6.45, 7) is 4.23. The van der Waals surface area contributed by atoms with E-state index in [2.05, 4.69) is 15.9 Å². The Bertz CT molecular complexity index is 596. The third-order valence-corrected chi connectivity index (χ3v) is 6.86. The molecule has 0 bridgehead atoms. The van der Waals surface area contributed by atoms with Crippen LogP contribution >= 0.6 is 15.9 Å². The molecule has 1 aliphatic rings. The number of nitrogens with zero attached hydrogens (tertiary/aromatic N) is 1. The summed E-state index contributed by atoms with van der Waals surface area (Å²) >= 11 is 3.36. The molecule has 2 rings (SSSR count). The first-order chi connectivity index (χ1) is 9.86. The Labute approximate surface area is 135 Å². The molecule has 4 nitrogen and oxygen atoms in total. The second kappa shape index (κ2) is 6.77. The number of rotatable bonds is 4. The highest BCUT2D eigenvalue weighted by atomic mass is 79.9. The lowest BCUT2D eigenvalue weighted by Crippen LogP contribution is -2.44. The van der Waals surface area contributed by atoms with Gasteiger partial charge in [-0.3, -0.25) is 0 Å². The van der Waals surface area contributed by atoms with Crippen molar-refractivity contribution in [3.63, 3.8) is 0 Å². The zero-order valence-corrected chi connectivity index (χ0v) is 15.0. The van der Waals surface area contributed by atoms with Crippen LogP contribution in [0.2, 0.25) is 0 Å². The number of halogens is 1. The first kappa shape index (κ1) is 16.9. The third-order valence-electron chi connectivity index (χ3n) is 4.20. The Balaban J connectivity index is 2.33. The average Bonchev–Trinajstić information content (AvgIpc) is 2.44. The van der Waals surface area contributed by atoms with Gasteiger partial charge in [0.2, 0.25) is 10.0 Å². The van der Waals surface area contributed by atoms with Crippen molar-refractivity contribution in [2.45, 2.75) is 56.5 Å². The summed E-state index contributed by atoms with van der Waals surface area (Å²) in [7, 11) is -3.46. The number of hydrogen-bond donors (Lipinski definition) is 1. The smallest absolute Gasteiger partial charge is 0.243 e. The predicted octanol–water partition coefficient (Wildman–Crippen LogP) is 3.04. The van der Waals surface area contributed by atoms with Crippen molar-refractivity contribution in [2.24, 2.45) is 5.73 Å². The molecule has 0 atom stereocenters. The van der Waals surface area contributed by atoms with Crippen LogP contribution in [0.25, 0.3) is 0 Å². The van der Waals surface area contributed by atoms with Crippen molar-refractivity contribution < 1.29 is 8.42 Å². The van der Waals surface area contributed by atoms with E-state index in [9.17, 15) is 8.42 Å². The van der Waals surface area contributed by atoms with Gasteiger partial charge in [-0.25, -0.2) is 8.42 Å². The largest absolute Gasteiger partial charge is 0.328 e. The van der Waals surface area contributed by atoms with Crippen LogP contribution < -0.4 is 5.73 Å². The molecule has 0 amide bonds. The van der Waals surface area contributed by atoms with Crippen molar-refractivity contribution >= 4 is 26.0 Å². The molecule has 1 aromatic rings. The SMILES string of the molecule is CCN(C1CCC(N)CC1)S(=O)(=O)c1cc(Br)ccc1C. The molecule has 118 valence electrons. The van der Waals surface area contributed by atoms with Gasteiger partial charge in [-0.2, -0.15) is 4.31 Å². The molecule has 2 N–H and O–H groups in total. The minimum atomic E-state index is -3.46. The molecule has 1 aromatic carbocycles. The molecule has 0 heterocycles. The van der Waals surface area contributed by atoms with Crippen molar-refractivity contribution in [3.05, 3.63) is 28.2 Å². The monoisotopic (exact) mass is 374 g/mol. The van der Waals surface area contributed by atoms with Gasteiger partial charge in [-0.15, -0.1) is 0 Å². The second-order valence-electron chi connectivity index (χ2n) is 5.69. The topological polar surface area (TPSA) is 63.4 Å². The van der Waals surface area contributed by atoms with E-state index in [0.717, 1.165) is 35.7 Å². The normalized spacial score (nSPS) is 23.5. The maximum Gasteiger partial charge on any atom is 0.243 e. The molecule has 1 aliphatic carbocycles. The Morgan fingerprint density at radius 1 is 1.29 bits per heavy atom. The van der Waals surface area contributed by atoms with Gasteiger partial charge in [0.25, 0.3) is 0 Å². The van der Waals surface area contributed by atoms with Crippen LogP contribution in [0.3, 0.4) is 0 Å². The molecule has 0 aromatic heterocycles. The Morgan fingerprint density at radius 3 is 2.48 bits per heavy atom. The molecule has 1 fully saturated rings. The number of hydrogen-bond acceptors (Lipinski definition) is 3. The molecule has 6 heteroatoms. The van der Waals surface area contributed by atoms with E-state index in [0.29, 0.717) is 11.4 Å². The van der Waals surface area contributed by atoms with Gasteiger partial charge in [0.15, 0.2) is 0 Å². The fourth-order valence-corrected chi connectivity index (χ4v) is 5.45. The maximum absolute atomic E-state index is 13.0. The van der Waals surface area contributed by atoms with Gasteiger partial charge >= 0.3 is 0 Å². The standard InChI is InChI=1S/C15H23BrN2O2S/c1-3-18(14-8-6-13(17)7-9-14)21(19,20)15-10-12(16)5-4-11(15)2/h4-5,10,13-14H,3,6-9,17H2,1-2H3. The summed E-state index contributed by atoms with van der Waals surface area (Å²) in [5.74, 6) is 0. The second-order valence-corrected chi connectivity index (χ2v) is 8.46. The van der Waals surface area contributed by atoms with E-state index < -0.39 is 10.0 Å². The predicted molar refractivity (Wildman–Crippen MR) is 88.7 cm³/mol. The highest BCUT2D eigenvalue weighted by Gasteiger charge is 2.33. The van der Waals surface area contributed by atoms with E-state index in [4.69, 9.17) is 5.73 Å². The fourth-order valence-electron chi connectivity index (χ4n) is 2.99. The summed E-state index contributed by atoms with van der Waals surface area (Å²) in [4.78, 5) is 0.397. The zero-order valence-electron chi connectivity index (χ0n) is 12.5. The average molecular weight is 375 g/mol. The van der Waals surface area contributed by atoms with Crippen LogP contribution in [0.4, 0.5) is 0 Å². The minimum absolute atomic E-state index is 0.0678. The van der Waals surface area contributed by atoms with E-state index in [1.165, 1.54) is 0 Å². The molecule has 0 spiro atoms. The fraction of sp³-hybridized carbons (Fsp3) is 0.600. The van der Waals surface area contributed by atoms with Crippen LogP contribution in [0.15, 0.2) is 27.6 Å². The number of aryl methyl sites for hydroxylation is 1. The highest BCUT2D eigenvalue weighted by Crippen LogP contribution is 2.29. The molecule has 0 aliphatic heterocycles. The molecule has 1 saturated carbocycles. The van der Waals surface area contributed by atoms with E-state index in [-0.39, 0.29) is 12.1 Å². The quantitative estimate of drug-likeness (QED) is 0.880. The van der Waals surface area contributed by atoms with Crippen LogP contribution in [0.5, 0.6) is 0 Å². The lowest BCUT2D eigenvalue weighted by molar-refractivity contribution is 0.247. The van der Waals surface area contributed by atoms with Crippen LogP contribution in [-0.4, -0.2) is 31.4 Å². The summed E-state index contributed by atoms with van der Waals surface area (Å²) in [5, 5.41) is 0. The molecular weight excluding hydrogens is 352 g/mol. The summed E-state index contributed by atoms with van der Waals surface area (Å²) in [5.41, 5.74) is 6.71. The van der Waals surface area contributed by atoms with Gasteiger partial charge in [0.05, 0.1) is 4.90 Å². The molecular formula is C15H23BrN2O2S.